The Morgan fingerprint density at radius 3 is 2.62 bits per heavy atom. The summed E-state index contributed by atoms with van der Waals surface area (Å²) in [5.74, 6) is -0.817. The second kappa shape index (κ2) is 7.79. The molecule has 1 unspecified atom stereocenters. The number of pyridine rings is 1. The van der Waals surface area contributed by atoms with Gasteiger partial charge in [-0.2, -0.15) is 0 Å². The van der Waals surface area contributed by atoms with Crippen molar-refractivity contribution in [2.75, 3.05) is 0 Å². The molecule has 2 aliphatic rings. The highest BCUT2D eigenvalue weighted by Crippen LogP contribution is 2.40. The van der Waals surface area contributed by atoms with Gasteiger partial charge < -0.3 is 4.84 Å². The normalized spacial score (nSPS) is 19.2. The number of carbonyl (C=O) groups excluding carboxylic acids is 3. The Kier molecular flexibility index (Phi) is 5.50. The fraction of sp³-hybridized carbons (Fsp3) is 0.529. The van der Waals surface area contributed by atoms with Crippen LogP contribution in [0.1, 0.15) is 44.9 Å². The molecule has 1 aliphatic heterocycles. The van der Waals surface area contributed by atoms with Crippen molar-refractivity contribution in [2.24, 2.45) is 5.92 Å². The van der Waals surface area contributed by atoms with Gasteiger partial charge in [0.1, 0.15) is 0 Å². The Morgan fingerprint density at radius 2 is 2.04 bits per heavy atom. The molecule has 1 aromatic heterocycles. The first-order chi connectivity index (χ1) is 11.6. The van der Waals surface area contributed by atoms with Crippen LogP contribution in [-0.2, 0) is 19.2 Å². The summed E-state index contributed by atoms with van der Waals surface area (Å²) in [7, 11) is 0. The molecule has 2 amide bonds. The van der Waals surface area contributed by atoms with Crippen LogP contribution in [0.25, 0.3) is 0 Å². The summed E-state index contributed by atoms with van der Waals surface area (Å²) >= 11 is 1.69. The molecule has 2 fully saturated rings. The molecule has 1 saturated heterocycles. The molecule has 6 nitrogen and oxygen atoms in total. The van der Waals surface area contributed by atoms with Crippen molar-refractivity contribution in [3.63, 3.8) is 0 Å². The zero-order chi connectivity index (χ0) is 16.9. The molecule has 1 aliphatic carbocycles. The van der Waals surface area contributed by atoms with Gasteiger partial charge in [0, 0.05) is 30.7 Å². The summed E-state index contributed by atoms with van der Waals surface area (Å²) in [5, 5.41) is 1.87. The average Bonchev–Trinajstić information content (AvgIpc) is 2.84. The molecule has 0 aromatic carbocycles. The summed E-state index contributed by atoms with van der Waals surface area (Å²) < 4.78 is 0. The van der Waals surface area contributed by atoms with Crippen molar-refractivity contribution < 1.29 is 19.2 Å². The van der Waals surface area contributed by atoms with Gasteiger partial charge in [-0.3, -0.25) is 9.59 Å². The molecule has 0 bridgehead atoms. The third kappa shape index (κ3) is 4.14. The lowest BCUT2D eigenvalue weighted by atomic mass is 9.81. The number of imide groups is 1. The van der Waals surface area contributed by atoms with Crippen LogP contribution < -0.4 is 0 Å². The lowest BCUT2D eigenvalue weighted by Crippen LogP contribution is -2.32. The van der Waals surface area contributed by atoms with E-state index in [0.717, 1.165) is 5.03 Å². The van der Waals surface area contributed by atoms with Crippen molar-refractivity contribution in [3.05, 3.63) is 24.4 Å². The number of nitrogens with zero attached hydrogens (tertiary/aromatic N) is 2. The summed E-state index contributed by atoms with van der Waals surface area (Å²) in [5.41, 5.74) is 0. The Labute approximate surface area is 144 Å². The number of carbonyl (C=O) groups is 3. The van der Waals surface area contributed by atoms with Crippen molar-refractivity contribution in [1.29, 1.82) is 0 Å². The molecule has 0 spiro atoms. The highest BCUT2D eigenvalue weighted by Gasteiger charge is 2.34. The summed E-state index contributed by atoms with van der Waals surface area (Å²) in [6.45, 7) is 0. The fourth-order valence-corrected chi connectivity index (χ4v) is 4.13. The third-order valence-electron chi connectivity index (χ3n) is 4.42. The van der Waals surface area contributed by atoms with E-state index in [-0.39, 0.29) is 19.3 Å². The smallest absolute Gasteiger partial charge is 0.330 e. The maximum atomic E-state index is 12.0. The minimum atomic E-state index is -0.524. The molecule has 24 heavy (non-hydrogen) atoms. The van der Waals surface area contributed by atoms with Crippen molar-refractivity contribution in [1.82, 2.24) is 10.0 Å². The predicted octanol–water partition coefficient (Wildman–Crippen LogP) is 2.73. The molecule has 0 N–H and O–H groups in total. The van der Waals surface area contributed by atoms with Crippen LogP contribution in [0.5, 0.6) is 0 Å². The zero-order valence-corrected chi connectivity index (χ0v) is 14.2. The molecular weight excluding hydrogens is 328 g/mol. The van der Waals surface area contributed by atoms with E-state index in [1.807, 2.05) is 18.2 Å². The van der Waals surface area contributed by atoms with E-state index in [2.05, 4.69) is 4.98 Å². The van der Waals surface area contributed by atoms with Gasteiger partial charge in [-0.1, -0.05) is 12.5 Å². The van der Waals surface area contributed by atoms with Gasteiger partial charge in [0.15, 0.2) is 0 Å². The van der Waals surface area contributed by atoms with Crippen molar-refractivity contribution in [3.8, 4) is 0 Å². The van der Waals surface area contributed by atoms with Crippen LogP contribution in [0.4, 0.5) is 0 Å². The number of amides is 2. The molecule has 2 heterocycles. The maximum absolute atomic E-state index is 12.0. The number of rotatable bonds is 7. The Balaban J connectivity index is 1.52. The van der Waals surface area contributed by atoms with Gasteiger partial charge in [-0.15, -0.1) is 16.8 Å². The molecule has 128 valence electrons. The molecule has 0 radical (unpaired) electrons. The summed E-state index contributed by atoms with van der Waals surface area (Å²) in [4.78, 5) is 44.2. The highest BCUT2D eigenvalue weighted by molar-refractivity contribution is 7.99. The Morgan fingerprint density at radius 1 is 1.29 bits per heavy atom. The van der Waals surface area contributed by atoms with Crippen LogP contribution in [-0.4, -0.2) is 33.1 Å². The average molecular weight is 348 g/mol. The summed E-state index contributed by atoms with van der Waals surface area (Å²) in [6, 6.07) is 5.80. The minimum absolute atomic E-state index is 0.117. The van der Waals surface area contributed by atoms with Crippen molar-refractivity contribution in [2.45, 2.75) is 55.2 Å². The topological polar surface area (TPSA) is 76.6 Å². The van der Waals surface area contributed by atoms with Crippen LogP contribution in [0.2, 0.25) is 0 Å². The second-order valence-corrected chi connectivity index (χ2v) is 7.36. The third-order valence-corrected chi connectivity index (χ3v) is 5.82. The number of hydrogen-bond donors (Lipinski definition) is 0. The minimum Gasteiger partial charge on any atom is -0.330 e. The molecule has 7 heteroatoms. The van der Waals surface area contributed by atoms with Crippen molar-refractivity contribution >= 4 is 29.5 Å². The van der Waals surface area contributed by atoms with Gasteiger partial charge in [-0.25, -0.2) is 9.78 Å². The first-order valence-corrected chi connectivity index (χ1v) is 9.15. The van der Waals surface area contributed by atoms with E-state index in [9.17, 15) is 14.4 Å². The quantitative estimate of drug-likeness (QED) is 0.557. The van der Waals surface area contributed by atoms with E-state index in [0.29, 0.717) is 22.7 Å². The van der Waals surface area contributed by atoms with E-state index in [4.69, 9.17) is 4.84 Å². The van der Waals surface area contributed by atoms with Gasteiger partial charge in [0.05, 0.1) is 5.03 Å². The SMILES string of the molecule is O=C(CCC(Sc1ccccn1)C1CCC1)ON1C(=O)CCC1=O. The van der Waals surface area contributed by atoms with Crippen LogP contribution in [0.3, 0.4) is 0 Å². The molecule has 1 saturated carbocycles. The molecular formula is C17H20N2O4S. The van der Waals surface area contributed by atoms with E-state index in [1.54, 1.807) is 18.0 Å². The number of thioether (sulfide) groups is 1. The number of aromatic nitrogens is 1. The van der Waals surface area contributed by atoms with Crippen LogP contribution in [0, 0.1) is 5.92 Å². The lowest BCUT2D eigenvalue weighted by Gasteiger charge is -2.33. The predicted molar refractivity (Wildman–Crippen MR) is 87.6 cm³/mol. The second-order valence-electron chi connectivity index (χ2n) is 6.10. The van der Waals surface area contributed by atoms with Gasteiger partial charge in [0.25, 0.3) is 11.8 Å². The Hall–Kier alpha value is -1.89. The number of hydrogen-bond acceptors (Lipinski definition) is 6. The van der Waals surface area contributed by atoms with E-state index >= 15 is 0 Å². The van der Waals surface area contributed by atoms with Gasteiger partial charge in [0.2, 0.25) is 0 Å². The van der Waals surface area contributed by atoms with E-state index < -0.39 is 17.8 Å². The first kappa shape index (κ1) is 17.0. The zero-order valence-electron chi connectivity index (χ0n) is 13.3. The molecule has 3 rings (SSSR count). The largest absolute Gasteiger partial charge is 0.333 e. The highest BCUT2D eigenvalue weighted by atomic mass is 32.2. The first-order valence-electron chi connectivity index (χ1n) is 8.28. The molecule has 1 aromatic rings. The lowest BCUT2D eigenvalue weighted by molar-refractivity contribution is -0.197. The fourth-order valence-electron chi connectivity index (χ4n) is 2.84. The maximum Gasteiger partial charge on any atom is 0.333 e. The van der Waals surface area contributed by atoms with Gasteiger partial charge in [-0.05, 0) is 37.3 Å². The Bertz CT molecular complexity index is 602. The number of hydroxylamine groups is 2. The van der Waals surface area contributed by atoms with Gasteiger partial charge >= 0.3 is 5.97 Å². The van der Waals surface area contributed by atoms with E-state index in [1.165, 1.54) is 19.3 Å². The standard InChI is InChI=1S/C17H20N2O4S/c20-15-8-9-16(21)19(15)23-17(22)10-7-13(12-4-3-5-12)24-14-6-1-2-11-18-14/h1-2,6,11-13H,3-5,7-10H2. The van der Waals surface area contributed by atoms with Crippen LogP contribution in [0.15, 0.2) is 29.4 Å². The molecule has 1 atom stereocenters. The summed E-state index contributed by atoms with van der Waals surface area (Å²) in [6.07, 6.45) is 6.41. The monoisotopic (exact) mass is 348 g/mol. The van der Waals surface area contributed by atoms with Crippen LogP contribution >= 0.6 is 11.8 Å².